The van der Waals surface area contributed by atoms with Crippen LogP contribution in [-0.4, -0.2) is 30.1 Å². The third-order valence-electron chi connectivity index (χ3n) is 0.659. The second kappa shape index (κ2) is 7.66. The summed E-state index contributed by atoms with van der Waals surface area (Å²) in [5.74, 6) is 3.08. The molecule has 0 heterocycles. The molecular weight excluding hydrogens is 140 g/mol. The van der Waals surface area contributed by atoms with E-state index in [0.717, 1.165) is 11.5 Å². The third-order valence-corrected chi connectivity index (χ3v) is 2.48. The predicted octanol–water partition coefficient (Wildman–Crippen LogP) is 1.51. The highest BCUT2D eigenvalue weighted by Crippen LogP contribution is 2.02. The Balaban J connectivity index is 2.53. The van der Waals surface area contributed by atoms with Gasteiger partial charge in [0.25, 0.3) is 0 Å². The van der Waals surface area contributed by atoms with Crippen LogP contribution in [0.15, 0.2) is 0 Å². The van der Waals surface area contributed by atoms with Gasteiger partial charge in [-0.05, 0) is 6.26 Å². The number of thioether (sulfide) groups is 2. The minimum absolute atomic E-state index is 0.0685. The molecule has 0 saturated heterocycles. The average molecular weight is 151 g/mol. The van der Waals surface area contributed by atoms with Gasteiger partial charge in [-0.25, -0.2) is 5.11 Å². The zero-order valence-electron chi connectivity index (χ0n) is 5.05. The maximum absolute atomic E-state index is 9.87. The Bertz CT molecular complexity index is 35.4. The molecule has 49 valence electrons. The molecule has 0 aliphatic carbocycles. The van der Waals surface area contributed by atoms with Gasteiger partial charge in [0.1, 0.15) is 0 Å². The molecule has 0 saturated carbocycles. The van der Waals surface area contributed by atoms with E-state index in [4.69, 9.17) is 0 Å². The minimum Gasteiger partial charge on any atom is -0.236 e. The van der Waals surface area contributed by atoms with Crippen LogP contribution in [0.3, 0.4) is 0 Å². The number of hydrogen-bond acceptors (Lipinski definition) is 2. The average Bonchev–Trinajstić information content (AvgIpc) is 1.81. The maximum atomic E-state index is 9.87. The molecule has 0 rings (SSSR count). The maximum Gasteiger partial charge on any atom is 0.0912 e. The van der Waals surface area contributed by atoms with Gasteiger partial charge < -0.3 is 0 Å². The van der Waals surface area contributed by atoms with E-state index in [1.165, 1.54) is 5.75 Å². The van der Waals surface area contributed by atoms with Crippen molar-refractivity contribution in [3.05, 3.63) is 0 Å². The molecule has 0 aromatic heterocycles. The van der Waals surface area contributed by atoms with Crippen molar-refractivity contribution in [2.45, 2.75) is 0 Å². The minimum atomic E-state index is 0.0685. The molecule has 8 heavy (non-hydrogen) atoms. The van der Waals surface area contributed by atoms with E-state index >= 15 is 0 Å². The van der Waals surface area contributed by atoms with Crippen molar-refractivity contribution in [3.63, 3.8) is 0 Å². The van der Waals surface area contributed by atoms with Crippen LogP contribution in [0, 0.1) is 0 Å². The first kappa shape index (κ1) is 8.66. The summed E-state index contributed by atoms with van der Waals surface area (Å²) < 4.78 is 0. The lowest BCUT2D eigenvalue weighted by Gasteiger charge is -1.93. The van der Waals surface area contributed by atoms with Crippen LogP contribution in [0.1, 0.15) is 0 Å². The van der Waals surface area contributed by atoms with Gasteiger partial charge in [-0.15, -0.1) is 0 Å². The second-order valence-corrected chi connectivity index (χ2v) is 3.52. The summed E-state index contributed by atoms with van der Waals surface area (Å²) in [6.07, 6.45) is 2.08. The Hall–Kier alpha value is 0.660. The molecule has 0 atom stereocenters. The molecule has 0 aromatic rings. The SMILES string of the molecule is CSCCSCC[O]. The summed E-state index contributed by atoms with van der Waals surface area (Å²) >= 11 is 3.57. The highest BCUT2D eigenvalue weighted by molar-refractivity contribution is 8.02. The van der Waals surface area contributed by atoms with Crippen molar-refractivity contribution in [2.24, 2.45) is 0 Å². The summed E-state index contributed by atoms with van der Waals surface area (Å²) in [4.78, 5) is 0. The van der Waals surface area contributed by atoms with E-state index in [-0.39, 0.29) is 6.61 Å². The van der Waals surface area contributed by atoms with Crippen LogP contribution in [0.5, 0.6) is 0 Å². The van der Waals surface area contributed by atoms with Gasteiger partial charge in [-0.1, -0.05) is 0 Å². The smallest absolute Gasteiger partial charge is 0.0912 e. The fourth-order valence-electron chi connectivity index (χ4n) is 0.303. The lowest BCUT2D eigenvalue weighted by atomic mass is 10.9. The molecule has 0 amide bonds. The first-order chi connectivity index (χ1) is 3.91. The molecule has 1 nitrogen and oxygen atoms in total. The van der Waals surface area contributed by atoms with Crippen molar-refractivity contribution in [2.75, 3.05) is 30.1 Å². The predicted molar refractivity (Wildman–Crippen MR) is 41.3 cm³/mol. The normalized spacial score (nSPS) is 9.75. The topological polar surface area (TPSA) is 19.9 Å². The Morgan fingerprint density at radius 1 is 1.25 bits per heavy atom. The van der Waals surface area contributed by atoms with E-state index in [1.54, 1.807) is 11.8 Å². The zero-order chi connectivity index (χ0) is 6.24. The highest BCUT2D eigenvalue weighted by Gasteiger charge is 1.84. The first-order valence-electron chi connectivity index (χ1n) is 2.56. The van der Waals surface area contributed by atoms with Crippen LogP contribution in [0.4, 0.5) is 0 Å². The molecule has 0 aromatic carbocycles. The largest absolute Gasteiger partial charge is 0.236 e. The van der Waals surface area contributed by atoms with Crippen LogP contribution in [0.25, 0.3) is 0 Å². The fraction of sp³-hybridized carbons (Fsp3) is 1.00. The summed E-state index contributed by atoms with van der Waals surface area (Å²) in [5.41, 5.74) is 0. The standard InChI is InChI=1S/C5H11OS2/c1-7-4-5-8-3-2-6/h2-5H2,1H3. The fourth-order valence-corrected chi connectivity index (χ4v) is 1.76. The van der Waals surface area contributed by atoms with E-state index in [0.29, 0.717) is 0 Å². The van der Waals surface area contributed by atoms with Gasteiger partial charge in [0.15, 0.2) is 0 Å². The lowest BCUT2D eigenvalue weighted by molar-refractivity contribution is 0.215. The van der Waals surface area contributed by atoms with Crippen molar-refractivity contribution in [1.29, 1.82) is 0 Å². The molecule has 0 unspecified atom stereocenters. The van der Waals surface area contributed by atoms with Crippen molar-refractivity contribution < 1.29 is 5.11 Å². The molecular formula is C5H11OS2. The molecule has 0 spiro atoms. The number of hydrogen-bond donors (Lipinski definition) is 0. The van der Waals surface area contributed by atoms with Gasteiger partial charge >= 0.3 is 0 Å². The van der Waals surface area contributed by atoms with Crippen LogP contribution >= 0.6 is 23.5 Å². The van der Waals surface area contributed by atoms with Crippen LogP contribution < -0.4 is 0 Å². The second-order valence-electron chi connectivity index (χ2n) is 1.31. The Morgan fingerprint density at radius 2 is 2.00 bits per heavy atom. The highest BCUT2D eigenvalue weighted by atomic mass is 32.2. The third kappa shape index (κ3) is 6.66. The van der Waals surface area contributed by atoms with E-state index in [1.807, 2.05) is 11.8 Å². The van der Waals surface area contributed by atoms with Gasteiger partial charge in [0, 0.05) is 17.3 Å². The van der Waals surface area contributed by atoms with Crippen LogP contribution in [0.2, 0.25) is 0 Å². The molecule has 0 aliphatic heterocycles. The van der Waals surface area contributed by atoms with E-state index in [2.05, 4.69) is 6.26 Å². The zero-order valence-corrected chi connectivity index (χ0v) is 6.69. The molecule has 3 heteroatoms. The Labute approximate surface area is 59.2 Å². The summed E-state index contributed by atoms with van der Waals surface area (Å²) in [5, 5.41) is 9.87. The first-order valence-corrected chi connectivity index (χ1v) is 5.11. The van der Waals surface area contributed by atoms with Crippen molar-refractivity contribution >= 4 is 23.5 Å². The molecule has 0 fully saturated rings. The molecule has 1 radical (unpaired) electrons. The summed E-state index contributed by atoms with van der Waals surface area (Å²) in [6.45, 7) is 0.0685. The lowest BCUT2D eigenvalue weighted by Crippen LogP contribution is -1.88. The van der Waals surface area contributed by atoms with E-state index in [9.17, 15) is 5.11 Å². The Morgan fingerprint density at radius 3 is 2.50 bits per heavy atom. The van der Waals surface area contributed by atoms with E-state index < -0.39 is 0 Å². The molecule has 0 aliphatic rings. The number of rotatable bonds is 5. The Kier molecular flexibility index (Phi) is 8.29. The molecule has 0 bridgehead atoms. The van der Waals surface area contributed by atoms with Crippen molar-refractivity contribution in [1.82, 2.24) is 0 Å². The molecule has 0 N–H and O–H groups in total. The van der Waals surface area contributed by atoms with Gasteiger partial charge in [0.05, 0.1) is 6.61 Å². The monoisotopic (exact) mass is 151 g/mol. The van der Waals surface area contributed by atoms with Crippen LogP contribution in [-0.2, 0) is 5.11 Å². The van der Waals surface area contributed by atoms with Gasteiger partial charge in [-0.2, -0.15) is 23.5 Å². The summed E-state index contributed by atoms with van der Waals surface area (Å²) in [7, 11) is 0. The quantitative estimate of drug-likeness (QED) is 0.555. The summed E-state index contributed by atoms with van der Waals surface area (Å²) in [6, 6.07) is 0. The van der Waals surface area contributed by atoms with Crippen molar-refractivity contribution in [3.8, 4) is 0 Å². The van der Waals surface area contributed by atoms with Gasteiger partial charge in [-0.3, -0.25) is 0 Å². The van der Waals surface area contributed by atoms with Gasteiger partial charge in [0.2, 0.25) is 0 Å².